The predicted octanol–water partition coefficient (Wildman–Crippen LogP) is 5.58. The number of fused-ring (bicyclic) bond motifs is 1. The molecule has 0 aliphatic carbocycles. The largest absolute Gasteiger partial charge is 0.336 e. The standard InChI is InChI=1S/C22H22Cl2N2O2S/c23-16-8-7-15(14-17(16)24)18-5-3-11-25(18)21(27)9-10-22(28)26-12-13-29-20-6-2-1-4-19(20)26/h1-2,4,6-8,14,18H,3,5,9-13H2. The van der Waals surface area contributed by atoms with E-state index in [1.807, 2.05) is 46.2 Å². The number of amides is 2. The summed E-state index contributed by atoms with van der Waals surface area (Å²) in [5.41, 5.74) is 1.95. The molecule has 0 aromatic heterocycles. The second-order valence-corrected chi connectivity index (χ2v) is 9.23. The molecule has 1 saturated heterocycles. The number of carbonyl (C=O) groups is 2. The lowest BCUT2D eigenvalue weighted by molar-refractivity contribution is -0.134. The maximum atomic E-state index is 12.9. The fourth-order valence-electron chi connectivity index (χ4n) is 4.05. The van der Waals surface area contributed by atoms with Gasteiger partial charge in [-0.15, -0.1) is 11.8 Å². The van der Waals surface area contributed by atoms with Crippen LogP contribution in [0.5, 0.6) is 0 Å². The lowest BCUT2D eigenvalue weighted by atomic mass is 10.0. The predicted molar refractivity (Wildman–Crippen MR) is 119 cm³/mol. The first-order valence-electron chi connectivity index (χ1n) is 9.81. The van der Waals surface area contributed by atoms with Gasteiger partial charge in [0.1, 0.15) is 0 Å². The third-order valence-electron chi connectivity index (χ3n) is 5.48. The Morgan fingerprint density at radius 1 is 1.00 bits per heavy atom. The average Bonchev–Trinajstić information content (AvgIpc) is 3.23. The second-order valence-electron chi connectivity index (χ2n) is 7.28. The van der Waals surface area contributed by atoms with Gasteiger partial charge in [0.25, 0.3) is 0 Å². The van der Waals surface area contributed by atoms with E-state index in [0.717, 1.165) is 34.7 Å². The summed E-state index contributed by atoms with van der Waals surface area (Å²) in [5, 5.41) is 1.01. The number of anilines is 1. The quantitative estimate of drug-likeness (QED) is 0.612. The van der Waals surface area contributed by atoms with Gasteiger partial charge in [-0.3, -0.25) is 9.59 Å². The van der Waals surface area contributed by atoms with E-state index in [1.54, 1.807) is 17.8 Å². The molecule has 0 bridgehead atoms. The first-order chi connectivity index (χ1) is 14.0. The third-order valence-corrected chi connectivity index (χ3v) is 7.27. The zero-order valence-corrected chi connectivity index (χ0v) is 18.3. The van der Waals surface area contributed by atoms with Gasteiger partial charge in [0.05, 0.1) is 21.8 Å². The van der Waals surface area contributed by atoms with Crippen molar-refractivity contribution in [3.63, 3.8) is 0 Å². The summed E-state index contributed by atoms with van der Waals surface area (Å²) in [5.74, 6) is 0.908. The Bertz CT molecular complexity index is 937. The van der Waals surface area contributed by atoms with Crippen molar-refractivity contribution < 1.29 is 9.59 Å². The van der Waals surface area contributed by atoms with E-state index in [0.29, 0.717) is 23.1 Å². The zero-order chi connectivity index (χ0) is 20.4. The Labute approximate surface area is 185 Å². The summed E-state index contributed by atoms with van der Waals surface area (Å²) in [6.07, 6.45) is 2.29. The molecule has 1 fully saturated rings. The lowest BCUT2D eigenvalue weighted by Gasteiger charge is -2.29. The van der Waals surface area contributed by atoms with Crippen LogP contribution in [-0.2, 0) is 9.59 Å². The van der Waals surface area contributed by atoms with Gasteiger partial charge in [0.2, 0.25) is 11.8 Å². The van der Waals surface area contributed by atoms with E-state index in [1.165, 1.54) is 0 Å². The summed E-state index contributed by atoms with van der Waals surface area (Å²) in [7, 11) is 0. The van der Waals surface area contributed by atoms with Gasteiger partial charge < -0.3 is 9.80 Å². The second kappa shape index (κ2) is 8.99. The summed E-state index contributed by atoms with van der Waals surface area (Å²) in [4.78, 5) is 30.6. The normalized spacial score (nSPS) is 18.6. The lowest BCUT2D eigenvalue weighted by Crippen LogP contribution is -2.37. The minimum absolute atomic E-state index is 0.000480. The van der Waals surface area contributed by atoms with Crippen LogP contribution in [0.2, 0.25) is 10.0 Å². The van der Waals surface area contributed by atoms with Gasteiger partial charge in [-0.05, 0) is 42.7 Å². The minimum atomic E-state index is -0.000480. The Balaban J connectivity index is 1.40. The molecule has 4 rings (SSSR count). The molecule has 2 heterocycles. The van der Waals surface area contributed by atoms with Crippen molar-refractivity contribution >= 4 is 52.5 Å². The Kier molecular flexibility index (Phi) is 6.38. The highest BCUT2D eigenvalue weighted by molar-refractivity contribution is 7.99. The molecule has 2 aromatic rings. The van der Waals surface area contributed by atoms with Crippen LogP contribution in [0.1, 0.15) is 37.3 Å². The maximum Gasteiger partial charge on any atom is 0.227 e. The van der Waals surface area contributed by atoms with Crippen molar-refractivity contribution in [3.05, 3.63) is 58.1 Å². The van der Waals surface area contributed by atoms with Crippen molar-refractivity contribution in [2.45, 2.75) is 36.6 Å². The Morgan fingerprint density at radius 2 is 1.79 bits per heavy atom. The molecule has 0 radical (unpaired) electrons. The molecule has 1 atom stereocenters. The summed E-state index contributed by atoms with van der Waals surface area (Å²) in [6.45, 7) is 1.39. The van der Waals surface area contributed by atoms with Crippen molar-refractivity contribution in [1.82, 2.24) is 4.90 Å². The zero-order valence-electron chi connectivity index (χ0n) is 15.9. The topological polar surface area (TPSA) is 40.6 Å². The van der Waals surface area contributed by atoms with Gasteiger partial charge in [-0.1, -0.05) is 41.4 Å². The first kappa shape index (κ1) is 20.6. The van der Waals surface area contributed by atoms with Crippen molar-refractivity contribution in [2.24, 2.45) is 0 Å². The first-order valence-corrected chi connectivity index (χ1v) is 11.6. The molecule has 2 aliphatic rings. The molecule has 2 aliphatic heterocycles. The van der Waals surface area contributed by atoms with E-state index >= 15 is 0 Å². The number of nitrogens with zero attached hydrogens (tertiary/aromatic N) is 2. The van der Waals surface area contributed by atoms with Gasteiger partial charge in [0.15, 0.2) is 0 Å². The van der Waals surface area contributed by atoms with Crippen LogP contribution in [0.3, 0.4) is 0 Å². The van der Waals surface area contributed by atoms with Crippen LogP contribution in [-0.4, -0.2) is 35.6 Å². The van der Waals surface area contributed by atoms with E-state index < -0.39 is 0 Å². The fraction of sp³-hybridized carbons (Fsp3) is 0.364. The molecule has 4 nitrogen and oxygen atoms in total. The molecule has 1 unspecified atom stereocenters. The fourth-order valence-corrected chi connectivity index (χ4v) is 5.35. The molecular formula is C22H22Cl2N2O2S. The summed E-state index contributed by atoms with van der Waals surface area (Å²) < 4.78 is 0. The van der Waals surface area contributed by atoms with Crippen LogP contribution >= 0.6 is 35.0 Å². The smallest absolute Gasteiger partial charge is 0.227 e. The van der Waals surface area contributed by atoms with Crippen molar-refractivity contribution in [3.8, 4) is 0 Å². The number of thioether (sulfide) groups is 1. The van der Waals surface area contributed by atoms with Gasteiger partial charge in [-0.2, -0.15) is 0 Å². The van der Waals surface area contributed by atoms with E-state index in [-0.39, 0.29) is 30.7 Å². The number of likely N-dealkylation sites (tertiary alicyclic amines) is 1. The molecule has 29 heavy (non-hydrogen) atoms. The number of halogens is 2. The number of benzene rings is 2. The van der Waals surface area contributed by atoms with Crippen LogP contribution in [0.25, 0.3) is 0 Å². The third kappa shape index (κ3) is 4.42. The highest BCUT2D eigenvalue weighted by Gasteiger charge is 2.31. The molecule has 0 saturated carbocycles. The average molecular weight is 449 g/mol. The van der Waals surface area contributed by atoms with Gasteiger partial charge in [0, 0.05) is 36.6 Å². The molecule has 2 aromatic carbocycles. The summed E-state index contributed by atoms with van der Waals surface area (Å²) >= 11 is 14.0. The minimum Gasteiger partial charge on any atom is -0.336 e. The van der Waals surface area contributed by atoms with Crippen LogP contribution in [0, 0.1) is 0 Å². The highest BCUT2D eigenvalue weighted by Crippen LogP contribution is 2.36. The number of hydrogen-bond acceptors (Lipinski definition) is 3. The van der Waals surface area contributed by atoms with Gasteiger partial charge in [-0.25, -0.2) is 0 Å². The maximum absolute atomic E-state index is 12.9. The van der Waals surface area contributed by atoms with E-state index in [4.69, 9.17) is 23.2 Å². The summed E-state index contributed by atoms with van der Waals surface area (Å²) in [6, 6.07) is 13.5. The van der Waals surface area contributed by atoms with Crippen LogP contribution in [0.4, 0.5) is 5.69 Å². The Hall–Kier alpha value is -1.69. The van der Waals surface area contributed by atoms with Crippen molar-refractivity contribution in [2.75, 3.05) is 23.7 Å². The molecule has 2 amide bonds. The molecule has 7 heteroatoms. The molecule has 152 valence electrons. The molecular weight excluding hydrogens is 427 g/mol. The van der Waals surface area contributed by atoms with Crippen molar-refractivity contribution in [1.29, 1.82) is 0 Å². The number of rotatable bonds is 4. The van der Waals surface area contributed by atoms with Crippen LogP contribution in [0.15, 0.2) is 47.4 Å². The van der Waals surface area contributed by atoms with E-state index in [9.17, 15) is 9.59 Å². The van der Waals surface area contributed by atoms with Crippen LogP contribution < -0.4 is 4.90 Å². The number of para-hydroxylation sites is 1. The monoisotopic (exact) mass is 448 g/mol. The number of carbonyl (C=O) groups excluding carboxylic acids is 2. The van der Waals surface area contributed by atoms with E-state index in [2.05, 4.69) is 0 Å². The number of hydrogen-bond donors (Lipinski definition) is 0. The highest BCUT2D eigenvalue weighted by atomic mass is 35.5. The Morgan fingerprint density at radius 3 is 2.62 bits per heavy atom. The molecule has 0 spiro atoms. The molecule has 0 N–H and O–H groups in total. The SMILES string of the molecule is O=C(CCC(=O)N1CCCC1c1ccc(Cl)c(Cl)c1)N1CCSc2ccccc21. The van der Waals surface area contributed by atoms with Gasteiger partial charge >= 0.3 is 0 Å².